The van der Waals surface area contributed by atoms with E-state index >= 15 is 0 Å². The lowest BCUT2D eigenvalue weighted by Crippen LogP contribution is -2.14. The Kier molecular flexibility index (Phi) is 4.93. The molecule has 2 rings (SSSR count). The Morgan fingerprint density at radius 2 is 1.67 bits per heavy atom. The normalized spacial score (nSPS) is 9.90. The molecule has 5 heteroatoms. The Morgan fingerprint density at radius 3 is 2.38 bits per heavy atom. The zero-order chi connectivity index (χ0) is 15.1. The molecule has 1 amide bonds. The summed E-state index contributed by atoms with van der Waals surface area (Å²) < 4.78 is 5.37. The van der Waals surface area contributed by atoms with E-state index in [4.69, 9.17) is 9.84 Å². The van der Waals surface area contributed by atoms with Gasteiger partial charge >= 0.3 is 5.97 Å². The highest BCUT2D eigenvalue weighted by Gasteiger charge is 2.12. The third-order valence-electron chi connectivity index (χ3n) is 2.74. The highest BCUT2D eigenvalue weighted by Crippen LogP contribution is 2.19. The summed E-state index contributed by atoms with van der Waals surface area (Å²) in [5.41, 5.74) is 1.05. The van der Waals surface area contributed by atoms with E-state index in [1.54, 1.807) is 36.4 Å². The summed E-state index contributed by atoms with van der Waals surface area (Å²) in [6.45, 7) is 0.0188. The highest BCUT2D eigenvalue weighted by molar-refractivity contribution is 6.06. The number of hydrogen-bond donors (Lipinski definition) is 2. The molecular weight excluding hydrogens is 270 g/mol. The predicted molar refractivity (Wildman–Crippen MR) is 78.6 cm³/mol. The van der Waals surface area contributed by atoms with Crippen molar-refractivity contribution < 1.29 is 19.4 Å². The number of para-hydroxylation sites is 2. The number of anilines is 1. The van der Waals surface area contributed by atoms with Gasteiger partial charge in [-0.1, -0.05) is 30.3 Å². The molecule has 0 aromatic heterocycles. The summed E-state index contributed by atoms with van der Waals surface area (Å²) in [6, 6.07) is 15.8. The van der Waals surface area contributed by atoms with E-state index < -0.39 is 5.97 Å². The fraction of sp³-hybridized carbons (Fsp3) is 0.125. The number of rotatable bonds is 6. The van der Waals surface area contributed by atoms with E-state index in [0.29, 0.717) is 17.0 Å². The average Bonchev–Trinajstić information content (AvgIpc) is 2.48. The number of carbonyl (C=O) groups excluding carboxylic acids is 1. The Bertz CT molecular complexity index is 625. The molecule has 21 heavy (non-hydrogen) atoms. The molecular formula is C16H15NO4. The van der Waals surface area contributed by atoms with Crippen molar-refractivity contribution in [3.05, 3.63) is 60.2 Å². The third-order valence-corrected chi connectivity index (χ3v) is 2.74. The summed E-state index contributed by atoms with van der Waals surface area (Å²) in [5.74, 6) is -0.875. The second kappa shape index (κ2) is 7.09. The number of carboxylic acid groups (broad SMARTS) is 1. The van der Waals surface area contributed by atoms with Crippen LogP contribution < -0.4 is 10.1 Å². The Balaban J connectivity index is 2.08. The van der Waals surface area contributed by atoms with Crippen molar-refractivity contribution in [3.8, 4) is 5.75 Å². The second-order valence-corrected chi connectivity index (χ2v) is 4.31. The maximum Gasteiger partial charge on any atom is 0.306 e. The summed E-state index contributed by atoms with van der Waals surface area (Å²) in [6.07, 6.45) is -0.116. The molecule has 0 aliphatic rings. The first kappa shape index (κ1) is 14.6. The van der Waals surface area contributed by atoms with Crippen molar-refractivity contribution in [2.75, 3.05) is 11.9 Å². The van der Waals surface area contributed by atoms with Gasteiger partial charge in [0.2, 0.25) is 0 Å². The highest BCUT2D eigenvalue weighted by atomic mass is 16.5. The van der Waals surface area contributed by atoms with Crippen LogP contribution in [-0.4, -0.2) is 23.6 Å². The number of aliphatic carboxylic acids is 1. The molecule has 0 bridgehead atoms. The van der Waals surface area contributed by atoms with Crippen molar-refractivity contribution in [2.24, 2.45) is 0 Å². The molecule has 5 nitrogen and oxygen atoms in total. The van der Waals surface area contributed by atoms with Crippen LogP contribution in [0.4, 0.5) is 5.69 Å². The smallest absolute Gasteiger partial charge is 0.306 e. The first-order chi connectivity index (χ1) is 10.2. The number of ether oxygens (including phenoxy) is 1. The van der Waals surface area contributed by atoms with Gasteiger partial charge in [0.1, 0.15) is 5.75 Å². The van der Waals surface area contributed by atoms with Crippen molar-refractivity contribution in [1.82, 2.24) is 0 Å². The zero-order valence-electron chi connectivity index (χ0n) is 11.3. The molecule has 0 fully saturated rings. The molecule has 0 saturated heterocycles. The quantitative estimate of drug-likeness (QED) is 0.855. The number of benzene rings is 2. The molecule has 0 atom stereocenters. The lowest BCUT2D eigenvalue weighted by molar-refractivity contribution is -0.137. The van der Waals surface area contributed by atoms with Gasteiger partial charge in [-0.25, -0.2) is 0 Å². The zero-order valence-corrected chi connectivity index (χ0v) is 11.3. The lowest BCUT2D eigenvalue weighted by Gasteiger charge is -2.11. The van der Waals surface area contributed by atoms with Gasteiger partial charge in [0, 0.05) is 5.69 Å². The largest absolute Gasteiger partial charge is 0.492 e. The van der Waals surface area contributed by atoms with E-state index in [2.05, 4.69) is 5.32 Å². The van der Waals surface area contributed by atoms with Crippen molar-refractivity contribution in [1.29, 1.82) is 0 Å². The third kappa shape index (κ3) is 4.35. The van der Waals surface area contributed by atoms with Crippen LogP contribution in [0.15, 0.2) is 54.6 Å². The SMILES string of the molecule is O=C(O)CCOc1ccccc1C(=O)Nc1ccccc1. The number of amides is 1. The van der Waals surface area contributed by atoms with Gasteiger partial charge in [-0.2, -0.15) is 0 Å². The molecule has 2 aromatic rings. The van der Waals surface area contributed by atoms with Gasteiger partial charge in [0.15, 0.2) is 0 Å². The fourth-order valence-electron chi connectivity index (χ4n) is 1.75. The Morgan fingerprint density at radius 1 is 1.00 bits per heavy atom. The molecule has 0 unspecified atom stereocenters. The molecule has 0 saturated carbocycles. The molecule has 0 aliphatic carbocycles. The van der Waals surface area contributed by atoms with Crippen LogP contribution in [0.5, 0.6) is 5.75 Å². The van der Waals surface area contributed by atoms with Crippen LogP contribution in [0.2, 0.25) is 0 Å². The van der Waals surface area contributed by atoms with Crippen LogP contribution in [0.3, 0.4) is 0 Å². The van der Waals surface area contributed by atoms with Crippen LogP contribution in [0.1, 0.15) is 16.8 Å². The van der Waals surface area contributed by atoms with Crippen molar-refractivity contribution in [2.45, 2.75) is 6.42 Å². The van der Waals surface area contributed by atoms with Crippen molar-refractivity contribution >= 4 is 17.6 Å². The minimum absolute atomic E-state index is 0.0188. The van der Waals surface area contributed by atoms with Crippen LogP contribution in [0.25, 0.3) is 0 Å². The van der Waals surface area contributed by atoms with Crippen LogP contribution in [0, 0.1) is 0 Å². The second-order valence-electron chi connectivity index (χ2n) is 4.31. The maximum atomic E-state index is 12.2. The molecule has 0 radical (unpaired) electrons. The van der Waals surface area contributed by atoms with E-state index in [0.717, 1.165) is 0 Å². The van der Waals surface area contributed by atoms with E-state index in [9.17, 15) is 9.59 Å². The van der Waals surface area contributed by atoms with Crippen LogP contribution in [-0.2, 0) is 4.79 Å². The van der Waals surface area contributed by atoms with Gasteiger partial charge in [0.05, 0.1) is 18.6 Å². The minimum Gasteiger partial charge on any atom is -0.492 e. The van der Waals surface area contributed by atoms with Gasteiger partial charge in [-0.15, -0.1) is 0 Å². The number of nitrogens with one attached hydrogen (secondary N) is 1. The minimum atomic E-state index is -0.943. The number of carbonyl (C=O) groups is 2. The maximum absolute atomic E-state index is 12.2. The summed E-state index contributed by atoms with van der Waals surface area (Å²) in [4.78, 5) is 22.7. The topological polar surface area (TPSA) is 75.6 Å². The molecule has 0 aliphatic heterocycles. The lowest BCUT2D eigenvalue weighted by atomic mass is 10.2. The first-order valence-electron chi connectivity index (χ1n) is 6.47. The molecule has 0 heterocycles. The van der Waals surface area contributed by atoms with Gasteiger partial charge < -0.3 is 15.2 Å². The van der Waals surface area contributed by atoms with E-state index in [1.807, 2.05) is 18.2 Å². The monoisotopic (exact) mass is 285 g/mol. The van der Waals surface area contributed by atoms with Crippen LogP contribution >= 0.6 is 0 Å². The van der Waals surface area contributed by atoms with E-state index in [-0.39, 0.29) is 18.9 Å². The number of carboxylic acids is 1. The van der Waals surface area contributed by atoms with Gasteiger partial charge in [-0.05, 0) is 24.3 Å². The standard InChI is InChI=1S/C16H15NO4/c18-15(19)10-11-21-14-9-5-4-8-13(14)16(20)17-12-6-2-1-3-7-12/h1-9H,10-11H2,(H,17,20)(H,18,19). The molecule has 108 valence electrons. The fourth-order valence-corrected chi connectivity index (χ4v) is 1.75. The van der Waals surface area contributed by atoms with E-state index in [1.165, 1.54) is 0 Å². The predicted octanol–water partition coefficient (Wildman–Crippen LogP) is 2.79. The molecule has 0 spiro atoms. The van der Waals surface area contributed by atoms with Gasteiger partial charge in [0.25, 0.3) is 5.91 Å². The molecule has 2 N–H and O–H groups in total. The molecule has 2 aromatic carbocycles. The van der Waals surface area contributed by atoms with Crippen molar-refractivity contribution in [3.63, 3.8) is 0 Å². The number of hydrogen-bond acceptors (Lipinski definition) is 3. The summed E-state index contributed by atoms with van der Waals surface area (Å²) in [7, 11) is 0. The van der Waals surface area contributed by atoms with Gasteiger partial charge in [-0.3, -0.25) is 9.59 Å². The average molecular weight is 285 g/mol. The summed E-state index contributed by atoms with van der Waals surface area (Å²) >= 11 is 0. The summed E-state index contributed by atoms with van der Waals surface area (Å²) in [5, 5.41) is 11.4. The first-order valence-corrected chi connectivity index (χ1v) is 6.47. The Labute approximate surface area is 122 Å². The Hall–Kier alpha value is -2.82.